The molecule has 0 saturated carbocycles. The first-order valence-corrected chi connectivity index (χ1v) is 9.90. The highest BCUT2D eigenvalue weighted by Crippen LogP contribution is 2.32. The molecule has 1 aromatic carbocycles. The van der Waals surface area contributed by atoms with Crippen LogP contribution < -0.4 is 4.90 Å². The van der Waals surface area contributed by atoms with E-state index >= 15 is 0 Å². The maximum atomic E-state index is 13.0. The lowest BCUT2D eigenvalue weighted by atomic mass is 10.0. The van der Waals surface area contributed by atoms with Gasteiger partial charge in [0.25, 0.3) is 0 Å². The van der Waals surface area contributed by atoms with Gasteiger partial charge in [0.2, 0.25) is 0 Å². The van der Waals surface area contributed by atoms with Crippen LogP contribution in [0.25, 0.3) is 0 Å². The average molecular weight is 393 g/mol. The van der Waals surface area contributed by atoms with Crippen molar-refractivity contribution >= 4 is 5.69 Å². The predicted molar refractivity (Wildman–Crippen MR) is 102 cm³/mol. The van der Waals surface area contributed by atoms with Crippen LogP contribution in [0.15, 0.2) is 47.1 Å². The van der Waals surface area contributed by atoms with Crippen molar-refractivity contribution in [2.75, 3.05) is 44.2 Å². The van der Waals surface area contributed by atoms with Crippen molar-refractivity contribution in [3.8, 4) is 0 Å². The summed E-state index contributed by atoms with van der Waals surface area (Å²) in [5.41, 5.74) is 0.0887. The van der Waals surface area contributed by atoms with E-state index < -0.39 is 11.7 Å². The summed E-state index contributed by atoms with van der Waals surface area (Å²) in [5, 5.41) is 0. The van der Waals surface area contributed by atoms with Crippen LogP contribution in [-0.2, 0) is 12.7 Å². The third kappa shape index (κ3) is 4.52. The minimum atomic E-state index is -4.29. The Bertz CT molecular complexity index is 755. The molecule has 7 heteroatoms. The van der Waals surface area contributed by atoms with E-state index in [1.54, 1.807) is 12.3 Å². The van der Waals surface area contributed by atoms with E-state index in [-0.39, 0.29) is 0 Å². The van der Waals surface area contributed by atoms with Gasteiger partial charge in [0.1, 0.15) is 5.76 Å². The number of benzene rings is 1. The van der Waals surface area contributed by atoms with Gasteiger partial charge >= 0.3 is 6.18 Å². The minimum absolute atomic E-state index is 0.507. The van der Waals surface area contributed by atoms with Crippen LogP contribution in [-0.4, -0.2) is 55.1 Å². The van der Waals surface area contributed by atoms with Crippen LogP contribution in [0.3, 0.4) is 0 Å². The molecular formula is C21H26F3N3O. The van der Waals surface area contributed by atoms with Crippen molar-refractivity contribution in [3.63, 3.8) is 0 Å². The second-order valence-corrected chi connectivity index (χ2v) is 7.68. The van der Waals surface area contributed by atoms with E-state index in [1.807, 2.05) is 12.1 Å². The number of furan rings is 1. The smallest absolute Gasteiger partial charge is 0.416 e. The summed E-state index contributed by atoms with van der Waals surface area (Å²) in [6.07, 6.45) is -0.238. The topological polar surface area (TPSA) is 22.9 Å². The number of anilines is 1. The van der Waals surface area contributed by atoms with Crippen LogP contribution in [0.2, 0.25) is 0 Å². The summed E-state index contributed by atoms with van der Waals surface area (Å²) in [6.45, 7) is 6.23. The first-order valence-electron chi connectivity index (χ1n) is 9.90. The Morgan fingerprint density at radius 1 is 1.00 bits per heavy atom. The van der Waals surface area contributed by atoms with E-state index in [2.05, 4.69) is 14.7 Å². The van der Waals surface area contributed by atoms with Crippen LogP contribution in [0.5, 0.6) is 0 Å². The SMILES string of the molecule is FC(F)(F)c1cccc(N2CCN([C@H]3CCCN(Cc4ccco4)C3)CC2)c1. The van der Waals surface area contributed by atoms with Gasteiger partial charge in [0.15, 0.2) is 0 Å². The molecule has 1 atom stereocenters. The zero-order valence-corrected chi connectivity index (χ0v) is 15.9. The highest BCUT2D eigenvalue weighted by atomic mass is 19.4. The normalized spacial score (nSPS) is 22.5. The van der Waals surface area contributed by atoms with Crippen molar-refractivity contribution in [1.82, 2.24) is 9.80 Å². The first-order chi connectivity index (χ1) is 13.5. The molecule has 2 aromatic rings. The zero-order chi connectivity index (χ0) is 19.6. The second-order valence-electron chi connectivity index (χ2n) is 7.68. The molecule has 0 N–H and O–H groups in total. The molecule has 0 aliphatic carbocycles. The Morgan fingerprint density at radius 3 is 2.54 bits per heavy atom. The van der Waals surface area contributed by atoms with Gasteiger partial charge in [-0.15, -0.1) is 0 Å². The number of rotatable bonds is 4. The molecule has 0 unspecified atom stereocenters. The van der Waals surface area contributed by atoms with Crippen molar-refractivity contribution in [2.24, 2.45) is 0 Å². The van der Waals surface area contributed by atoms with E-state index in [0.717, 1.165) is 57.6 Å². The van der Waals surface area contributed by atoms with E-state index in [4.69, 9.17) is 4.42 Å². The Labute approximate surface area is 163 Å². The number of likely N-dealkylation sites (tertiary alicyclic amines) is 1. The molecular weight excluding hydrogens is 367 g/mol. The van der Waals surface area contributed by atoms with Crippen LogP contribution in [0, 0.1) is 0 Å². The maximum Gasteiger partial charge on any atom is 0.416 e. The Morgan fingerprint density at radius 2 is 1.82 bits per heavy atom. The van der Waals surface area contributed by atoms with Gasteiger partial charge in [-0.2, -0.15) is 13.2 Å². The number of hydrogen-bond donors (Lipinski definition) is 0. The monoisotopic (exact) mass is 393 g/mol. The molecule has 3 heterocycles. The summed E-state index contributed by atoms with van der Waals surface area (Å²) in [7, 11) is 0. The molecule has 0 radical (unpaired) electrons. The van der Waals surface area contributed by atoms with Crippen molar-refractivity contribution in [2.45, 2.75) is 31.6 Å². The van der Waals surface area contributed by atoms with Gasteiger partial charge in [0.05, 0.1) is 18.4 Å². The average Bonchev–Trinajstić information content (AvgIpc) is 3.21. The van der Waals surface area contributed by atoms with E-state index in [9.17, 15) is 13.2 Å². The number of piperazine rings is 1. The lowest BCUT2D eigenvalue weighted by molar-refractivity contribution is -0.137. The fraction of sp³-hybridized carbons (Fsp3) is 0.524. The highest BCUT2D eigenvalue weighted by molar-refractivity contribution is 5.49. The fourth-order valence-corrected chi connectivity index (χ4v) is 4.32. The molecule has 0 bridgehead atoms. The number of nitrogens with zero attached hydrogens (tertiary/aromatic N) is 3. The molecule has 1 aromatic heterocycles. The Hall–Kier alpha value is -1.99. The standard InChI is InChI=1S/C21H26F3N3O/c22-21(23,24)17-4-1-5-18(14-17)26-9-11-27(12-10-26)19-6-2-8-25(15-19)16-20-7-3-13-28-20/h1,3-5,7,13-14,19H,2,6,8-12,15-16H2/t19-/m0/s1. The van der Waals surface area contributed by atoms with Crippen LogP contribution >= 0.6 is 0 Å². The lowest BCUT2D eigenvalue weighted by Crippen LogP contribution is -2.55. The first kappa shape index (κ1) is 19.3. The fourth-order valence-electron chi connectivity index (χ4n) is 4.32. The second kappa shape index (κ2) is 8.17. The molecule has 152 valence electrons. The van der Waals surface area contributed by atoms with Crippen LogP contribution in [0.4, 0.5) is 18.9 Å². The van der Waals surface area contributed by atoms with Gasteiger partial charge in [-0.05, 0) is 49.7 Å². The molecule has 0 spiro atoms. The van der Waals surface area contributed by atoms with E-state index in [1.165, 1.54) is 25.0 Å². The summed E-state index contributed by atoms with van der Waals surface area (Å²) in [6, 6.07) is 10.1. The number of halogens is 3. The van der Waals surface area contributed by atoms with E-state index in [0.29, 0.717) is 11.7 Å². The van der Waals surface area contributed by atoms with Gasteiger partial charge < -0.3 is 9.32 Å². The molecule has 4 rings (SSSR count). The number of piperidine rings is 1. The highest BCUT2D eigenvalue weighted by Gasteiger charge is 2.32. The largest absolute Gasteiger partial charge is 0.468 e. The molecule has 28 heavy (non-hydrogen) atoms. The van der Waals surface area contributed by atoms with Crippen molar-refractivity contribution in [3.05, 3.63) is 54.0 Å². The lowest BCUT2D eigenvalue weighted by Gasteiger charge is -2.44. The number of hydrogen-bond acceptors (Lipinski definition) is 4. The quantitative estimate of drug-likeness (QED) is 0.781. The molecule has 2 fully saturated rings. The summed E-state index contributed by atoms with van der Waals surface area (Å²) in [5.74, 6) is 0.995. The van der Waals surface area contributed by atoms with Gasteiger partial charge in [-0.1, -0.05) is 6.07 Å². The predicted octanol–water partition coefficient (Wildman–Crippen LogP) is 4.09. The maximum absolute atomic E-state index is 13.0. The van der Waals surface area contributed by atoms with Gasteiger partial charge in [0, 0.05) is 44.5 Å². The van der Waals surface area contributed by atoms with Gasteiger partial charge in [-0.25, -0.2) is 0 Å². The molecule has 4 nitrogen and oxygen atoms in total. The molecule has 2 aliphatic rings. The van der Waals surface area contributed by atoms with Gasteiger partial charge in [-0.3, -0.25) is 9.80 Å². The summed E-state index contributed by atoms with van der Waals surface area (Å²) >= 11 is 0. The third-order valence-corrected chi connectivity index (χ3v) is 5.81. The molecule has 2 aliphatic heterocycles. The Kier molecular flexibility index (Phi) is 5.64. The zero-order valence-electron chi connectivity index (χ0n) is 15.9. The summed E-state index contributed by atoms with van der Waals surface area (Å²) < 4.78 is 44.4. The summed E-state index contributed by atoms with van der Waals surface area (Å²) in [4.78, 5) is 7.00. The van der Waals surface area contributed by atoms with Crippen molar-refractivity contribution in [1.29, 1.82) is 0 Å². The third-order valence-electron chi connectivity index (χ3n) is 5.81. The molecule has 0 amide bonds. The van der Waals surface area contributed by atoms with Crippen molar-refractivity contribution < 1.29 is 17.6 Å². The number of alkyl halides is 3. The van der Waals surface area contributed by atoms with Crippen LogP contribution in [0.1, 0.15) is 24.2 Å². The minimum Gasteiger partial charge on any atom is -0.468 e. The molecule has 2 saturated heterocycles. The Balaban J connectivity index is 1.32.